The van der Waals surface area contributed by atoms with Gasteiger partial charge in [0, 0.05) is 6.04 Å². The molecule has 0 spiro atoms. The van der Waals surface area contributed by atoms with Crippen molar-refractivity contribution in [1.29, 1.82) is 0 Å². The number of aryl methyl sites for hydroxylation is 1. The Hall–Kier alpha value is -0.900. The molecule has 0 bridgehead atoms. The van der Waals surface area contributed by atoms with Crippen molar-refractivity contribution >= 4 is 0 Å². The fourth-order valence-electron chi connectivity index (χ4n) is 2.78. The van der Waals surface area contributed by atoms with Crippen LogP contribution in [0.2, 0.25) is 0 Å². The Bertz CT molecular complexity index is 396. The molecule has 1 heterocycles. The van der Waals surface area contributed by atoms with Gasteiger partial charge in [-0.3, -0.25) is 0 Å². The van der Waals surface area contributed by atoms with E-state index in [9.17, 15) is 0 Å². The summed E-state index contributed by atoms with van der Waals surface area (Å²) in [6.45, 7) is 8.52. The monoisotopic (exact) mass is 250 g/mol. The Morgan fingerprint density at radius 3 is 2.33 bits per heavy atom. The fraction of sp³-hybridized carbons (Fsp3) is 0.857. The third-order valence-corrected chi connectivity index (χ3v) is 4.04. The summed E-state index contributed by atoms with van der Waals surface area (Å²) in [6.07, 6.45) is 6.46. The number of nitrogens with zero attached hydrogens (tertiary/aromatic N) is 3. The third-order valence-electron chi connectivity index (χ3n) is 4.04. The lowest BCUT2D eigenvalue weighted by molar-refractivity contribution is 0.281. The summed E-state index contributed by atoms with van der Waals surface area (Å²) >= 11 is 0. The number of hydrogen-bond acceptors (Lipinski definition) is 3. The second-order valence-electron chi connectivity index (χ2n) is 6.61. The minimum atomic E-state index is -0.0550. The van der Waals surface area contributed by atoms with Crippen LogP contribution in [0, 0.1) is 12.3 Å². The molecule has 1 saturated carbocycles. The molecule has 2 rings (SSSR count). The number of aromatic nitrogens is 3. The summed E-state index contributed by atoms with van der Waals surface area (Å²) in [7, 11) is 0. The normalized spacial score (nSPS) is 20.1. The van der Waals surface area contributed by atoms with Crippen LogP contribution in [-0.4, -0.2) is 14.8 Å². The zero-order valence-corrected chi connectivity index (χ0v) is 12.1. The molecule has 0 aromatic carbocycles. The van der Waals surface area contributed by atoms with E-state index < -0.39 is 0 Å². The third kappa shape index (κ3) is 2.58. The van der Waals surface area contributed by atoms with Crippen LogP contribution in [0.25, 0.3) is 0 Å². The van der Waals surface area contributed by atoms with E-state index in [0.29, 0.717) is 6.04 Å². The van der Waals surface area contributed by atoms with Crippen LogP contribution in [0.15, 0.2) is 0 Å². The Morgan fingerprint density at radius 2 is 1.78 bits per heavy atom. The molecular weight excluding hydrogens is 224 g/mol. The van der Waals surface area contributed by atoms with Gasteiger partial charge in [0.1, 0.15) is 5.82 Å². The maximum atomic E-state index is 6.37. The Balaban J connectivity index is 2.31. The molecule has 102 valence electrons. The highest BCUT2D eigenvalue weighted by Gasteiger charge is 2.30. The highest BCUT2D eigenvalue weighted by Crippen LogP contribution is 2.35. The second kappa shape index (κ2) is 5.00. The van der Waals surface area contributed by atoms with Crippen LogP contribution in [0.1, 0.15) is 76.6 Å². The SMILES string of the molecule is Cc1nnc([C@@H](N)C(C)(C)C)n1C1CCCCC1. The molecule has 18 heavy (non-hydrogen) atoms. The lowest BCUT2D eigenvalue weighted by Gasteiger charge is -2.31. The average molecular weight is 250 g/mol. The molecule has 1 aromatic heterocycles. The van der Waals surface area contributed by atoms with Crippen molar-refractivity contribution in [2.24, 2.45) is 11.1 Å². The Labute approximate surface area is 110 Å². The summed E-state index contributed by atoms with van der Waals surface area (Å²) in [5.41, 5.74) is 6.39. The minimum absolute atomic E-state index is 0.0197. The first-order valence-electron chi connectivity index (χ1n) is 7.08. The van der Waals surface area contributed by atoms with Crippen LogP contribution < -0.4 is 5.73 Å². The van der Waals surface area contributed by atoms with Gasteiger partial charge in [-0.1, -0.05) is 40.0 Å². The Morgan fingerprint density at radius 1 is 1.17 bits per heavy atom. The van der Waals surface area contributed by atoms with Gasteiger partial charge in [-0.25, -0.2) is 0 Å². The van der Waals surface area contributed by atoms with Crippen LogP contribution in [0.3, 0.4) is 0 Å². The highest BCUT2D eigenvalue weighted by molar-refractivity contribution is 5.05. The summed E-state index contributed by atoms with van der Waals surface area (Å²) in [4.78, 5) is 0. The summed E-state index contributed by atoms with van der Waals surface area (Å²) < 4.78 is 2.30. The van der Waals surface area contributed by atoms with Crippen molar-refractivity contribution in [3.63, 3.8) is 0 Å². The molecule has 1 fully saturated rings. The van der Waals surface area contributed by atoms with Crippen LogP contribution in [0.4, 0.5) is 0 Å². The molecule has 2 N–H and O–H groups in total. The zero-order valence-electron chi connectivity index (χ0n) is 12.1. The first kappa shape index (κ1) is 13.5. The number of hydrogen-bond donors (Lipinski definition) is 1. The molecule has 0 aliphatic heterocycles. The minimum Gasteiger partial charge on any atom is -0.321 e. The smallest absolute Gasteiger partial charge is 0.150 e. The van der Waals surface area contributed by atoms with Gasteiger partial charge in [0.25, 0.3) is 0 Å². The first-order chi connectivity index (χ1) is 8.41. The van der Waals surface area contributed by atoms with E-state index in [0.717, 1.165) is 11.6 Å². The van der Waals surface area contributed by atoms with E-state index in [2.05, 4.69) is 35.5 Å². The van der Waals surface area contributed by atoms with Gasteiger partial charge in [-0.05, 0) is 25.2 Å². The predicted molar refractivity (Wildman–Crippen MR) is 73.3 cm³/mol. The highest BCUT2D eigenvalue weighted by atomic mass is 15.3. The molecule has 0 unspecified atom stereocenters. The zero-order chi connectivity index (χ0) is 13.3. The van der Waals surface area contributed by atoms with Gasteiger partial charge < -0.3 is 10.3 Å². The molecule has 1 aliphatic carbocycles. The Kier molecular flexibility index (Phi) is 3.76. The van der Waals surface area contributed by atoms with E-state index in [1.165, 1.54) is 32.1 Å². The van der Waals surface area contributed by atoms with Gasteiger partial charge in [0.2, 0.25) is 0 Å². The first-order valence-corrected chi connectivity index (χ1v) is 7.08. The van der Waals surface area contributed by atoms with Gasteiger partial charge in [0.05, 0.1) is 6.04 Å². The van der Waals surface area contributed by atoms with Crippen molar-refractivity contribution in [1.82, 2.24) is 14.8 Å². The second-order valence-corrected chi connectivity index (χ2v) is 6.61. The molecule has 0 amide bonds. The van der Waals surface area contributed by atoms with Gasteiger partial charge in [-0.15, -0.1) is 10.2 Å². The fourth-order valence-corrected chi connectivity index (χ4v) is 2.78. The van der Waals surface area contributed by atoms with Crippen LogP contribution in [0.5, 0.6) is 0 Å². The van der Waals surface area contributed by atoms with Crippen molar-refractivity contribution in [2.45, 2.75) is 71.9 Å². The number of rotatable bonds is 2. The van der Waals surface area contributed by atoms with Crippen molar-refractivity contribution < 1.29 is 0 Å². The number of nitrogens with two attached hydrogens (primary N) is 1. The van der Waals surface area contributed by atoms with Crippen molar-refractivity contribution in [2.75, 3.05) is 0 Å². The van der Waals surface area contributed by atoms with Gasteiger partial charge in [0.15, 0.2) is 5.82 Å². The van der Waals surface area contributed by atoms with E-state index in [1.807, 2.05) is 6.92 Å². The maximum absolute atomic E-state index is 6.37. The van der Waals surface area contributed by atoms with E-state index in [4.69, 9.17) is 5.73 Å². The molecule has 4 heteroatoms. The van der Waals surface area contributed by atoms with Crippen molar-refractivity contribution in [3.8, 4) is 0 Å². The van der Waals surface area contributed by atoms with E-state index in [1.54, 1.807) is 0 Å². The quantitative estimate of drug-likeness (QED) is 0.877. The molecule has 1 aliphatic rings. The summed E-state index contributed by atoms with van der Waals surface area (Å²) in [6, 6.07) is 0.498. The largest absolute Gasteiger partial charge is 0.321 e. The maximum Gasteiger partial charge on any atom is 0.150 e. The molecule has 4 nitrogen and oxygen atoms in total. The van der Waals surface area contributed by atoms with Gasteiger partial charge in [-0.2, -0.15) is 0 Å². The standard InChI is InChI=1S/C14H26N4/c1-10-16-17-13(12(15)14(2,3)4)18(10)11-8-6-5-7-9-11/h11-12H,5-9,15H2,1-4H3/t12-/m1/s1. The van der Waals surface area contributed by atoms with Crippen LogP contribution >= 0.6 is 0 Å². The molecular formula is C14H26N4. The van der Waals surface area contributed by atoms with E-state index >= 15 is 0 Å². The van der Waals surface area contributed by atoms with E-state index in [-0.39, 0.29) is 11.5 Å². The lowest BCUT2D eigenvalue weighted by Crippen LogP contribution is -2.31. The van der Waals surface area contributed by atoms with Crippen molar-refractivity contribution in [3.05, 3.63) is 11.6 Å². The van der Waals surface area contributed by atoms with Crippen LogP contribution in [-0.2, 0) is 0 Å². The molecule has 0 radical (unpaired) electrons. The molecule has 1 aromatic rings. The molecule has 1 atom stereocenters. The lowest BCUT2D eigenvalue weighted by atomic mass is 9.86. The molecule has 0 saturated heterocycles. The van der Waals surface area contributed by atoms with Gasteiger partial charge >= 0.3 is 0 Å². The average Bonchev–Trinajstić information content (AvgIpc) is 2.70. The summed E-state index contributed by atoms with van der Waals surface area (Å²) in [5, 5.41) is 8.60. The predicted octanol–water partition coefficient (Wildman–Crippen LogP) is 3.14. The topological polar surface area (TPSA) is 56.7 Å². The summed E-state index contributed by atoms with van der Waals surface area (Å²) in [5.74, 6) is 1.98.